The first-order valence-corrected chi connectivity index (χ1v) is 6.08. The molecule has 0 radical (unpaired) electrons. The average Bonchev–Trinajstić information content (AvgIpc) is 2.32. The number of rotatable bonds is 8. The van der Waals surface area contributed by atoms with Gasteiger partial charge in [-0.2, -0.15) is 0 Å². The summed E-state index contributed by atoms with van der Waals surface area (Å²) in [6.45, 7) is 7.81. The Morgan fingerprint density at radius 2 is 2.12 bits per heavy atom. The van der Waals surface area contributed by atoms with Crippen molar-refractivity contribution in [2.75, 3.05) is 33.2 Å². The molecule has 1 unspecified atom stereocenters. The standard InChI is InChI=1S/C11H26N4O/c1-4-10(14-11(16)13-3)9-15(5-2)8-6-7-12/h10H,4-9,12H2,1-3H3,(H2,13,14,16). The van der Waals surface area contributed by atoms with Gasteiger partial charge < -0.3 is 21.3 Å². The van der Waals surface area contributed by atoms with Crippen LogP contribution in [0.25, 0.3) is 0 Å². The second-order valence-corrected chi connectivity index (χ2v) is 3.86. The number of amides is 2. The molecular weight excluding hydrogens is 204 g/mol. The molecule has 5 nitrogen and oxygen atoms in total. The van der Waals surface area contributed by atoms with E-state index < -0.39 is 0 Å². The third-order valence-electron chi connectivity index (χ3n) is 2.66. The van der Waals surface area contributed by atoms with Gasteiger partial charge in [-0.3, -0.25) is 0 Å². The van der Waals surface area contributed by atoms with Crippen molar-refractivity contribution in [3.63, 3.8) is 0 Å². The third kappa shape index (κ3) is 6.63. The predicted molar refractivity (Wildman–Crippen MR) is 67.5 cm³/mol. The normalized spacial score (nSPS) is 12.6. The second kappa shape index (κ2) is 9.42. The Kier molecular flexibility index (Phi) is 8.94. The molecule has 0 aliphatic heterocycles. The van der Waals surface area contributed by atoms with E-state index >= 15 is 0 Å². The molecule has 0 saturated heterocycles. The summed E-state index contributed by atoms with van der Waals surface area (Å²) in [5.74, 6) is 0. The summed E-state index contributed by atoms with van der Waals surface area (Å²) in [4.78, 5) is 13.5. The first-order valence-electron chi connectivity index (χ1n) is 6.08. The number of urea groups is 1. The molecule has 0 heterocycles. The minimum absolute atomic E-state index is 0.110. The molecule has 0 aliphatic rings. The maximum absolute atomic E-state index is 11.2. The summed E-state index contributed by atoms with van der Waals surface area (Å²) in [6.07, 6.45) is 1.94. The molecule has 0 spiro atoms. The lowest BCUT2D eigenvalue weighted by molar-refractivity contribution is 0.222. The van der Waals surface area contributed by atoms with E-state index in [1.54, 1.807) is 7.05 Å². The van der Waals surface area contributed by atoms with Gasteiger partial charge in [-0.25, -0.2) is 4.79 Å². The molecule has 4 N–H and O–H groups in total. The number of hydrogen-bond acceptors (Lipinski definition) is 3. The quantitative estimate of drug-likeness (QED) is 0.564. The van der Waals surface area contributed by atoms with Gasteiger partial charge in [0.05, 0.1) is 0 Å². The van der Waals surface area contributed by atoms with Crippen LogP contribution in [0.1, 0.15) is 26.7 Å². The highest BCUT2D eigenvalue weighted by molar-refractivity contribution is 5.73. The molecule has 2 amide bonds. The zero-order valence-electron chi connectivity index (χ0n) is 10.8. The summed E-state index contributed by atoms with van der Waals surface area (Å²) in [5, 5.41) is 5.51. The van der Waals surface area contributed by atoms with Gasteiger partial charge >= 0.3 is 6.03 Å². The highest BCUT2D eigenvalue weighted by Gasteiger charge is 2.12. The Balaban J connectivity index is 4.00. The van der Waals surface area contributed by atoms with Crippen molar-refractivity contribution in [2.45, 2.75) is 32.7 Å². The van der Waals surface area contributed by atoms with Crippen LogP contribution in [0.3, 0.4) is 0 Å². The van der Waals surface area contributed by atoms with E-state index in [9.17, 15) is 4.79 Å². The minimum Gasteiger partial charge on any atom is -0.341 e. The van der Waals surface area contributed by atoms with Crippen LogP contribution in [0.5, 0.6) is 0 Å². The Morgan fingerprint density at radius 3 is 2.56 bits per heavy atom. The zero-order chi connectivity index (χ0) is 12.4. The SMILES string of the molecule is CCC(CN(CC)CCCN)NC(=O)NC. The molecule has 0 fully saturated rings. The van der Waals surface area contributed by atoms with Crippen LogP contribution in [0.4, 0.5) is 4.79 Å². The lowest BCUT2D eigenvalue weighted by Gasteiger charge is -2.26. The van der Waals surface area contributed by atoms with Crippen LogP contribution in [0.2, 0.25) is 0 Å². The fourth-order valence-electron chi connectivity index (χ4n) is 1.54. The van der Waals surface area contributed by atoms with Gasteiger partial charge in [0.2, 0.25) is 0 Å². The van der Waals surface area contributed by atoms with E-state index in [0.29, 0.717) is 0 Å². The van der Waals surface area contributed by atoms with Gasteiger partial charge in [0, 0.05) is 19.6 Å². The lowest BCUT2D eigenvalue weighted by atomic mass is 10.2. The Labute approximate surface area is 98.7 Å². The molecule has 0 aromatic carbocycles. The van der Waals surface area contributed by atoms with E-state index in [4.69, 9.17) is 5.73 Å². The van der Waals surface area contributed by atoms with Crippen LogP contribution >= 0.6 is 0 Å². The number of nitrogens with one attached hydrogen (secondary N) is 2. The Hall–Kier alpha value is -0.810. The van der Waals surface area contributed by atoms with E-state index in [1.165, 1.54) is 0 Å². The van der Waals surface area contributed by atoms with Crippen molar-refractivity contribution in [1.29, 1.82) is 0 Å². The van der Waals surface area contributed by atoms with E-state index in [0.717, 1.165) is 39.0 Å². The number of hydrogen-bond donors (Lipinski definition) is 3. The van der Waals surface area contributed by atoms with Gasteiger partial charge in [-0.15, -0.1) is 0 Å². The van der Waals surface area contributed by atoms with Gasteiger partial charge in [0.15, 0.2) is 0 Å². The van der Waals surface area contributed by atoms with Crippen molar-refractivity contribution >= 4 is 6.03 Å². The van der Waals surface area contributed by atoms with Crippen molar-refractivity contribution in [2.24, 2.45) is 5.73 Å². The number of nitrogens with two attached hydrogens (primary N) is 1. The monoisotopic (exact) mass is 230 g/mol. The molecule has 0 aromatic rings. The lowest BCUT2D eigenvalue weighted by Crippen LogP contribution is -2.46. The zero-order valence-corrected chi connectivity index (χ0v) is 10.8. The molecule has 0 saturated carbocycles. The first-order chi connectivity index (χ1) is 7.67. The van der Waals surface area contributed by atoms with Crippen LogP contribution in [-0.2, 0) is 0 Å². The largest absolute Gasteiger partial charge is 0.341 e. The van der Waals surface area contributed by atoms with Gasteiger partial charge in [-0.05, 0) is 32.5 Å². The molecule has 16 heavy (non-hydrogen) atoms. The van der Waals surface area contributed by atoms with E-state index in [-0.39, 0.29) is 12.1 Å². The summed E-state index contributed by atoms with van der Waals surface area (Å²) >= 11 is 0. The van der Waals surface area contributed by atoms with E-state index in [1.807, 2.05) is 0 Å². The maximum Gasteiger partial charge on any atom is 0.314 e. The summed E-state index contributed by atoms with van der Waals surface area (Å²) in [7, 11) is 1.63. The van der Waals surface area contributed by atoms with Gasteiger partial charge in [0.25, 0.3) is 0 Å². The molecule has 0 bridgehead atoms. The number of carbonyl (C=O) groups excluding carboxylic acids is 1. The Morgan fingerprint density at radius 1 is 1.44 bits per heavy atom. The van der Waals surface area contributed by atoms with Gasteiger partial charge in [-0.1, -0.05) is 13.8 Å². The minimum atomic E-state index is -0.110. The van der Waals surface area contributed by atoms with Crippen LogP contribution in [-0.4, -0.2) is 50.2 Å². The fraction of sp³-hybridized carbons (Fsp3) is 0.909. The Bertz CT molecular complexity index is 187. The van der Waals surface area contributed by atoms with E-state index in [2.05, 4.69) is 29.4 Å². The molecule has 0 aromatic heterocycles. The van der Waals surface area contributed by atoms with Crippen molar-refractivity contribution in [3.8, 4) is 0 Å². The number of carbonyl (C=O) groups is 1. The van der Waals surface area contributed by atoms with Crippen LogP contribution in [0.15, 0.2) is 0 Å². The fourth-order valence-corrected chi connectivity index (χ4v) is 1.54. The molecule has 5 heteroatoms. The third-order valence-corrected chi connectivity index (χ3v) is 2.66. The highest BCUT2D eigenvalue weighted by Crippen LogP contribution is 1.98. The first kappa shape index (κ1) is 15.2. The van der Waals surface area contributed by atoms with Crippen molar-refractivity contribution in [1.82, 2.24) is 15.5 Å². The smallest absolute Gasteiger partial charge is 0.314 e. The summed E-state index contributed by atoms with van der Waals surface area (Å²) in [5.41, 5.74) is 5.49. The molecular formula is C11H26N4O. The highest BCUT2D eigenvalue weighted by atomic mass is 16.2. The predicted octanol–water partition coefficient (Wildman–Crippen LogP) is 0.365. The van der Waals surface area contributed by atoms with Crippen molar-refractivity contribution in [3.05, 3.63) is 0 Å². The van der Waals surface area contributed by atoms with Crippen molar-refractivity contribution < 1.29 is 4.79 Å². The molecule has 0 rings (SSSR count). The van der Waals surface area contributed by atoms with Crippen LogP contribution in [0, 0.1) is 0 Å². The average molecular weight is 230 g/mol. The topological polar surface area (TPSA) is 70.4 Å². The maximum atomic E-state index is 11.2. The molecule has 0 aliphatic carbocycles. The number of nitrogens with zero attached hydrogens (tertiary/aromatic N) is 1. The number of likely N-dealkylation sites (N-methyl/N-ethyl adjacent to an activating group) is 1. The molecule has 1 atom stereocenters. The summed E-state index contributed by atoms with van der Waals surface area (Å²) in [6, 6.07) is 0.0967. The molecule has 96 valence electrons. The summed E-state index contributed by atoms with van der Waals surface area (Å²) < 4.78 is 0. The second-order valence-electron chi connectivity index (χ2n) is 3.86. The van der Waals surface area contributed by atoms with Crippen LogP contribution < -0.4 is 16.4 Å². The van der Waals surface area contributed by atoms with Gasteiger partial charge in [0.1, 0.15) is 0 Å².